The molecule has 9 heteroatoms. The van der Waals surface area contributed by atoms with Gasteiger partial charge >= 0.3 is 0 Å². The van der Waals surface area contributed by atoms with E-state index >= 15 is 0 Å². The molecule has 0 saturated carbocycles. The average Bonchev–Trinajstić information content (AvgIpc) is 3.19. The van der Waals surface area contributed by atoms with E-state index in [1.807, 2.05) is 37.4 Å². The fourth-order valence-corrected chi connectivity index (χ4v) is 4.74. The Morgan fingerprint density at radius 3 is 2.69 bits per heavy atom. The Bertz CT molecular complexity index is 1040. The highest BCUT2D eigenvalue weighted by Gasteiger charge is 2.32. The van der Waals surface area contributed by atoms with Crippen molar-refractivity contribution in [3.05, 3.63) is 53.0 Å². The molecule has 26 heavy (non-hydrogen) atoms. The number of hydrogen-bond acceptors (Lipinski definition) is 6. The van der Waals surface area contributed by atoms with E-state index in [0.29, 0.717) is 30.4 Å². The third-order valence-electron chi connectivity index (χ3n) is 4.52. The molecule has 0 fully saturated rings. The number of aryl methyl sites for hydroxylation is 2. The summed E-state index contributed by atoms with van der Waals surface area (Å²) in [6, 6.07) is 9.21. The minimum Gasteiger partial charge on any atom is -0.332 e. The molecule has 136 valence electrons. The summed E-state index contributed by atoms with van der Waals surface area (Å²) in [6.45, 7) is 2.43. The van der Waals surface area contributed by atoms with Crippen molar-refractivity contribution in [2.24, 2.45) is 7.05 Å². The zero-order valence-corrected chi connectivity index (χ0v) is 15.4. The maximum Gasteiger partial charge on any atom is 0.278 e. The first-order valence-electron chi connectivity index (χ1n) is 8.31. The molecular formula is C17H19N5O3S. The number of hydrogen-bond donors (Lipinski definition) is 0. The largest absolute Gasteiger partial charge is 0.332 e. The fourth-order valence-electron chi connectivity index (χ4n) is 3.25. The first kappa shape index (κ1) is 16.9. The van der Waals surface area contributed by atoms with Gasteiger partial charge in [-0.2, -0.15) is 14.4 Å². The summed E-state index contributed by atoms with van der Waals surface area (Å²) in [5.74, 6) is 0.823. The topological polar surface area (TPSA) is 94.1 Å². The van der Waals surface area contributed by atoms with Crippen molar-refractivity contribution in [2.45, 2.75) is 25.6 Å². The molecule has 0 spiro atoms. The molecule has 0 radical (unpaired) electrons. The van der Waals surface area contributed by atoms with Crippen LogP contribution in [0.5, 0.6) is 0 Å². The lowest BCUT2D eigenvalue weighted by atomic mass is 10.1. The number of nitrogens with zero attached hydrogens (tertiary/aromatic N) is 5. The molecule has 8 nitrogen and oxygen atoms in total. The second kappa shape index (κ2) is 6.33. The Labute approximate surface area is 151 Å². The molecule has 3 aromatic rings. The molecule has 0 N–H and O–H groups in total. The summed E-state index contributed by atoms with van der Waals surface area (Å²) in [5, 5.41) is 8.28. The molecule has 2 aromatic heterocycles. The van der Waals surface area contributed by atoms with Crippen molar-refractivity contribution in [2.75, 3.05) is 6.54 Å². The number of fused-ring (bicyclic) bond motifs is 1. The highest BCUT2D eigenvalue weighted by atomic mass is 32.2. The van der Waals surface area contributed by atoms with E-state index in [9.17, 15) is 8.42 Å². The Morgan fingerprint density at radius 1 is 1.23 bits per heavy atom. The molecule has 0 aliphatic carbocycles. The molecule has 0 amide bonds. The predicted molar refractivity (Wildman–Crippen MR) is 94.4 cm³/mol. The third-order valence-corrected chi connectivity index (χ3v) is 6.32. The van der Waals surface area contributed by atoms with E-state index in [0.717, 1.165) is 16.8 Å². The lowest BCUT2D eigenvalue weighted by Crippen LogP contribution is -2.37. The number of rotatable bonds is 4. The van der Waals surface area contributed by atoms with Crippen molar-refractivity contribution in [1.29, 1.82) is 0 Å². The van der Waals surface area contributed by atoms with Gasteiger partial charge in [0, 0.05) is 37.8 Å². The molecule has 1 aromatic carbocycles. The average molecular weight is 373 g/mol. The second-order valence-corrected chi connectivity index (χ2v) is 8.34. The summed E-state index contributed by atoms with van der Waals surface area (Å²) in [4.78, 5) is 4.24. The van der Waals surface area contributed by atoms with Crippen LogP contribution in [0.3, 0.4) is 0 Å². The van der Waals surface area contributed by atoms with Crippen LogP contribution in [0.25, 0.3) is 11.6 Å². The summed E-state index contributed by atoms with van der Waals surface area (Å²) >= 11 is 0. The molecule has 0 unspecified atom stereocenters. The molecular weight excluding hydrogens is 354 g/mol. The van der Waals surface area contributed by atoms with Gasteiger partial charge in [0.15, 0.2) is 11.5 Å². The molecule has 1 aliphatic heterocycles. The van der Waals surface area contributed by atoms with Crippen molar-refractivity contribution >= 4 is 10.0 Å². The zero-order valence-electron chi connectivity index (χ0n) is 14.6. The zero-order chi connectivity index (χ0) is 18.3. The van der Waals surface area contributed by atoms with Crippen LogP contribution in [-0.2, 0) is 35.8 Å². The second-order valence-electron chi connectivity index (χ2n) is 6.37. The van der Waals surface area contributed by atoms with Gasteiger partial charge in [0.05, 0.1) is 5.75 Å². The minimum atomic E-state index is -3.43. The summed E-state index contributed by atoms with van der Waals surface area (Å²) in [7, 11) is -1.59. The van der Waals surface area contributed by atoms with Gasteiger partial charge in [-0.15, -0.1) is 0 Å². The van der Waals surface area contributed by atoms with Gasteiger partial charge in [0.25, 0.3) is 5.89 Å². The van der Waals surface area contributed by atoms with Crippen LogP contribution in [0.1, 0.15) is 22.6 Å². The summed E-state index contributed by atoms with van der Waals surface area (Å²) in [5.41, 5.74) is 3.17. The van der Waals surface area contributed by atoms with Crippen molar-refractivity contribution in [1.82, 2.24) is 24.2 Å². The smallest absolute Gasteiger partial charge is 0.278 e. The highest BCUT2D eigenvalue weighted by Crippen LogP contribution is 2.30. The number of sulfonamides is 1. The lowest BCUT2D eigenvalue weighted by molar-refractivity contribution is 0.384. The van der Waals surface area contributed by atoms with E-state index in [1.165, 1.54) is 4.31 Å². The molecule has 3 heterocycles. The van der Waals surface area contributed by atoms with Crippen LogP contribution < -0.4 is 0 Å². The molecule has 4 rings (SSSR count). The Kier molecular flexibility index (Phi) is 4.12. The van der Waals surface area contributed by atoms with Crippen molar-refractivity contribution in [3.63, 3.8) is 0 Å². The predicted octanol–water partition coefficient (Wildman–Crippen LogP) is 1.67. The van der Waals surface area contributed by atoms with Gasteiger partial charge in [-0.1, -0.05) is 35.5 Å². The van der Waals surface area contributed by atoms with Gasteiger partial charge in [0.2, 0.25) is 10.0 Å². The van der Waals surface area contributed by atoms with E-state index in [1.54, 1.807) is 11.6 Å². The van der Waals surface area contributed by atoms with Crippen LogP contribution in [0.15, 0.2) is 34.9 Å². The Balaban J connectivity index is 1.65. The standard InChI is InChI=1S/C17H19N5O3S/c1-12-18-17(25-20-12)16-14-10-22(9-8-15(14)21(2)19-16)26(23,24)11-13-6-4-3-5-7-13/h3-7H,8-11H2,1-2H3. The van der Waals surface area contributed by atoms with Gasteiger partial charge in [-0.05, 0) is 12.5 Å². The van der Waals surface area contributed by atoms with Crippen LogP contribution in [0, 0.1) is 6.92 Å². The SMILES string of the molecule is Cc1noc(-c2nn(C)c3c2CN(S(=O)(=O)Cc2ccccc2)CC3)n1. The van der Waals surface area contributed by atoms with Gasteiger partial charge < -0.3 is 4.52 Å². The monoisotopic (exact) mass is 373 g/mol. The van der Waals surface area contributed by atoms with Crippen LogP contribution in [0.4, 0.5) is 0 Å². The van der Waals surface area contributed by atoms with Gasteiger partial charge in [0.1, 0.15) is 0 Å². The van der Waals surface area contributed by atoms with Crippen molar-refractivity contribution in [3.8, 4) is 11.6 Å². The van der Waals surface area contributed by atoms with Crippen molar-refractivity contribution < 1.29 is 12.9 Å². The van der Waals surface area contributed by atoms with E-state index in [2.05, 4.69) is 15.2 Å². The molecule has 0 atom stereocenters. The van der Waals surface area contributed by atoms with E-state index < -0.39 is 10.0 Å². The quantitative estimate of drug-likeness (QED) is 0.690. The van der Waals surface area contributed by atoms with Crippen LogP contribution in [0.2, 0.25) is 0 Å². The fraction of sp³-hybridized carbons (Fsp3) is 0.353. The highest BCUT2D eigenvalue weighted by molar-refractivity contribution is 7.88. The maximum atomic E-state index is 12.9. The van der Waals surface area contributed by atoms with Gasteiger partial charge in [-0.3, -0.25) is 4.68 Å². The summed E-state index contributed by atoms with van der Waals surface area (Å²) < 4.78 is 34.3. The Morgan fingerprint density at radius 2 is 2.00 bits per heavy atom. The maximum absolute atomic E-state index is 12.9. The summed E-state index contributed by atoms with van der Waals surface area (Å²) in [6.07, 6.45) is 0.597. The van der Waals surface area contributed by atoms with Crippen LogP contribution in [-0.4, -0.2) is 39.2 Å². The Hall–Kier alpha value is -2.52. The van der Waals surface area contributed by atoms with E-state index in [-0.39, 0.29) is 12.3 Å². The molecule has 0 bridgehead atoms. The van der Waals surface area contributed by atoms with Crippen LogP contribution >= 0.6 is 0 Å². The van der Waals surface area contributed by atoms with Gasteiger partial charge in [-0.25, -0.2) is 8.42 Å². The normalized spacial score (nSPS) is 15.2. The lowest BCUT2D eigenvalue weighted by Gasteiger charge is -2.26. The van der Waals surface area contributed by atoms with E-state index in [4.69, 9.17) is 4.52 Å². The molecule has 1 aliphatic rings. The minimum absolute atomic E-state index is 0.0154. The first-order valence-corrected chi connectivity index (χ1v) is 9.92. The number of benzene rings is 1. The third kappa shape index (κ3) is 3.04. The molecule has 0 saturated heterocycles. The first-order chi connectivity index (χ1) is 12.4. The number of aromatic nitrogens is 4.